The van der Waals surface area contributed by atoms with Crippen LogP contribution in [0.1, 0.15) is 149 Å². The molecule has 0 unspecified atom stereocenters. The van der Waals surface area contributed by atoms with Crippen molar-refractivity contribution < 1.29 is 19.7 Å². The van der Waals surface area contributed by atoms with Crippen LogP contribution in [-0.2, 0) is 9.53 Å². The highest BCUT2D eigenvalue weighted by Crippen LogP contribution is 2.48. The standard InChI is InChI=1S/C37H61ClO4/c1-3-5-6-7-8-9-10-11-12-13-14-17-20-29-42-36(41)26-19-16-15-18-23-31-32(34(39)30-33(31)38)24-21-25-35(40)37(4-2)27-22-28-37/h15,18,21,24,31-35,39-40H,3-14,16,19,22-23,25-30H2,1-2H3/t31-,32-,33-,34-,35+/m1/s1. The number of allylic oxidation sites excluding steroid dienone is 2. The van der Waals surface area contributed by atoms with E-state index in [1.54, 1.807) is 0 Å². The first kappa shape index (κ1) is 36.9. The molecule has 0 bridgehead atoms. The van der Waals surface area contributed by atoms with E-state index in [1.165, 1.54) is 64.2 Å². The van der Waals surface area contributed by atoms with E-state index in [0.29, 0.717) is 19.3 Å². The molecule has 2 fully saturated rings. The van der Waals surface area contributed by atoms with Gasteiger partial charge < -0.3 is 14.9 Å². The minimum atomic E-state index is -0.434. The first-order valence-electron chi connectivity index (χ1n) is 17.4. The van der Waals surface area contributed by atoms with E-state index in [0.717, 1.165) is 51.4 Å². The number of halogens is 1. The molecule has 0 heterocycles. The molecule has 240 valence electrons. The number of alkyl halides is 1. The van der Waals surface area contributed by atoms with Gasteiger partial charge in [-0.15, -0.1) is 11.6 Å². The van der Waals surface area contributed by atoms with Gasteiger partial charge in [0.1, 0.15) is 0 Å². The van der Waals surface area contributed by atoms with Crippen LogP contribution in [0.2, 0.25) is 0 Å². The molecule has 0 radical (unpaired) electrons. The summed E-state index contributed by atoms with van der Waals surface area (Å²) in [5, 5.41) is 21.2. The van der Waals surface area contributed by atoms with E-state index >= 15 is 0 Å². The molecule has 4 nitrogen and oxygen atoms in total. The van der Waals surface area contributed by atoms with Crippen LogP contribution in [0.3, 0.4) is 0 Å². The van der Waals surface area contributed by atoms with Crippen LogP contribution >= 0.6 is 11.6 Å². The number of unbranched alkanes of at least 4 members (excludes halogenated alkanes) is 11. The van der Waals surface area contributed by atoms with Crippen molar-refractivity contribution in [3.8, 4) is 11.8 Å². The lowest BCUT2D eigenvalue weighted by Crippen LogP contribution is -2.40. The minimum absolute atomic E-state index is 0.0181. The summed E-state index contributed by atoms with van der Waals surface area (Å²) in [6.07, 6.45) is 30.3. The monoisotopic (exact) mass is 604 g/mol. The molecule has 5 heteroatoms. The Hall–Kier alpha value is -1.28. The topological polar surface area (TPSA) is 66.8 Å². The summed E-state index contributed by atoms with van der Waals surface area (Å²) in [6.45, 7) is 4.63. The number of carbonyl (C=O) groups is 1. The molecule has 2 rings (SSSR count). The first-order valence-corrected chi connectivity index (χ1v) is 17.8. The highest BCUT2D eigenvalue weighted by atomic mass is 35.5. The lowest BCUT2D eigenvalue weighted by atomic mass is 9.63. The molecular weight excluding hydrogens is 544 g/mol. The van der Waals surface area contributed by atoms with E-state index in [1.807, 2.05) is 0 Å². The molecule has 0 saturated heterocycles. The Bertz CT molecular complexity index is 831. The normalized spacial score (nSPS) is 24.0. The predicted octanol–water partition coefficient (Wildman–Crippen LogP) is 9.45. The van der Waals surface area contributed by atoms with Gasteiger partial charge in [0.2, 0.25) is 0 Å². The van der Waals surface area contributed by atoms with Crippen molar-refractivity contribution in [2.24, 2.45) is 17.3 Å². The maximum atomic E-state index is 12.0. The number of hydrogen-bond donors (Lipinski definition) is 2. The second-order valence-electron chi connectivity index (χ2n) is 12.9. The lowest BCUT2D eigenvalue weighted by Gasteiger charge is -2.45. The van der Waals surface area contributed by atoms with Crippen LogP contribution in [0.15, 0.2) is 24.3 Å². The molecule has 0 amide bonds. The van der Waals surface area contributed by atoms with E-state index < -0.39 is 6.10 Å². The molecular formula is C37H61ClO4. The largest absolute Gasteiger partial charge is 0.452 e. The maximum absolute atomic E-state index is 12.0. The molecule has 42 heavy (non-hydrogen) atoms. The predicted molar refractivity (Wildman–Crippen MR) is 176 cm³/mol. The smallest absolute Gasteiger partial charge is 0.306 e. The lowest BCUT2D eigenvalue weighted by molar-refractivity contribution is -0.142. The third kappa shape index (κ3) is 14.0. The number of carbonyl (C=O) groups excluding carboxylic acids is 1. The maximum Gasteiger partial charge on any atom is 0.306 e. The molecule has 2 N–H and O–H groups in total. The average Bonchev–Trinajstić information content (AvgIpc) is 3.22. The van der Waals surface area contributed by atoms with E-state index in [4.69, 9.17) is 16.3 Å². The molecule has 5 atom stereocenters. The second-order valence-corrected chi connectivity index (χ2v) is 13.4. The summed E-state index contributed by atoms with van der Waals surface area (Å²) in [6, 6.07) is 0. The van der Waals surface area contributed by atoms with Crippen molar-refractivity contribution in [1.82, 2.24) is 0 Å². The number of ether oxygens (including phenoxy) is 1. The Morgan fingerprint density at radius 1 is 0.976 bits per heavy atom. The zero-order valence-electron chi connectivity index (χ0n) is 26.8. The molecule has 0 aromatic carbocycles. The highest BCUT2D eigenvalue weighted by Gasteiger charge is 2.42. The van der Waals surface area contributed by atoms with Gasteiger partial charge in [-0.25, -0.2) is 0 Å². The summed E-state index contributed by atoms with van der Waals surface area (Å²) in [5.74, 6) is 6.13. The highest BCUT2D eigenvalue weighted by molar-refractivity contribution is 6.21. The van der Waals surface area contributed by atoms with Gasteiger partial charge in [-0.2, -0.15) is 0 Å². The summed E-state index contributed by atoms with van der Waals surface area (Å²) in [4.78, 5) is 12.0. The molecule has 2 saturated carbocycles. The Kier molecular flexibility index (Phi) is 19.6. The van der Waals surface area contributed by atoms with Crippen LogP contribution < -0.4 is 0 Å². The van der Waals surface area contributed by atoms with E-state index in [2.05, 4.69) is 50.0 Å². The third-order valence-corrected chi connectivity index (χ3v) is 10.3. The Morgan fingerprint density at radius 2 is 1.67 bits per heavy atom. The van der Waals surface area contributed by atoms with Crippen molar-refractivity contribution in [2.75, 3.05) is 6.61 Å². The van der Waals surface area contributed by atoms with Gasteiger partial charge in [-0.05, 0) is 69.1 Å². The second kappa shape index (κ2) is 22.3. The Morgan fingerprint density at radius 3 is 2.31 bits per heavy atom. The summed E-state index contributed by atoms with van der Waals surface area (Å²) < 4.78 is 5.26. The Labute approximate surface area is 263 Å². The van der Waals surface area contributed by atoms with Gasteiger partial charge in [-0.1, -0.05) is 114 Å². The van der Waals surface area contributed by atoms with E-state index in [-0.39, 0.29) is 41.3 Å². The summed E-state index contributed by atoms with van der Waals surface area (Å²) in [5.41, 5.74) is 0.0990. The third-order valence-electron chi connectivity index (χ3n) is 9.76. The fourth-order valence-electron chi connectivity index (χ4n) is 6.60. The molecule has 2 aliphatic rings. The average molecular weight is 605 g/mol. The Balaban J connectivity index is 1.51. The summed E-state index contributed by atoms with van der Waals surface area (Å²) in [7, 11) is 0. The van der Waals surface area contributed by atoms with Crippen molar-refractivity contribution in [2.45, 2.75) is 166 Å². The van der Waals surface area contributed by atoms with Crippen LogP contribution in [0, 0.1) is 29.1 Å². The van der Waals surface area contributed by atoms with Gasteiger partial charge in [0.15, 0.2) is 6.61 Å². The van der Waals surface area contributed by atoms with Crippen molar-refractivity contribution in [1.29, 1.82) is 0 Å². The zero-order valence-corrected chi connectivity index (χ0v) is 27.6. The van der Waals surface area contributed by atoms with Gasteiger partial charge in [0.25, 0.3) is 0 Å². The minimum Gasteiger partial charge on any atom is -0.452 e. The van der Waals surface area contributed by atoms with Gasteiger partial charge in [0.05, 0.1) is 12.2 Å². The zero-order chi connectivity index (χ0) is 30.5. The molecule has 2 aliphatic carbocycles. The molecule has 0 spiro atoms. The van der Waals surface area contributed by atoms with Gasteiger partial charge in [-0.3, -0.25) is 4.79 Å². The van der Waals surface area contributed by atoms with Gasteiger partial charge >= 0.3 is 5.97 Å². The van der Waals surface area contributed by atoms with Crippen molar-refractivity contribution in [3.63, 3.8) is 0 Å². The van der Waals surface area contributed by atoms with Crippen LogP contribution in [0.5, 0.6) is 0 Å². The van der Waals surface area contributed by atoms with E-state index in [9.17, 15) is 15.0 Å². The number of aliphatic hydroxyl groups is 2. The fraction of sp³-hybridized carbons (Fsp3) is 0.811. The number of hydrogen-bond acceptors (Lipinski definition) is 4. The number of esters is 1. The SMILES string of the molecule is CCCCCCCCCCCCC#CCOC(=O)CCCC=CC[C@@H]1[C@@H](C=CC[C@H](O)C2(CC)CCC2)[C@H](O)C[C@H]1Cl. The number of rotatable bonds is 22. The molecule has 0 aromatic heterocycles. The van der Waals surface area contributed by atoms with Gasteiger partial charge in [0, 0.05) is 24.1 Å². The first-order chi connectivity index (χ1) is 20.4. The molecule has 0 aliphatic heterocycles. The van der Waals surface area contributed by atoms with Crippen molar-refractivity contribution >= 4 is 17.6 Å². The van der Waals surface area contributed by atoms with Crippen LogP contribution in [0.25, 0.3) is 0 Å². The van der Waals surface area contributed by atoms with Crippen LogP contribution in [-0.4, -0.2) is 40.4 Å². The molecule has 0 aromatic rings. The van der Waals surface area contributed by atoms with Crippen LogP contribution in [0.4, 0.5) is 0 Å². The fourth-order valence-corrected chi connectivity index (χ4v) is 7.05. The quantitative estimate of drug-likeness (QED) is 0.0424. The summed E-state index contributed by atoms with van der Waals surface area (Å²) >= 11 is 6.60. The van der Waals surface area contributed by atoms with Crippen molar-refractivity contribution in [3.05, 3.63) is 24.3 Å². The number of aliphatic hydroxyl groups excluding tert-OH is 2.